The predicted molar refractivity (Wildman–Crippen MR) is 138 cm³/mol. The summed E-state index contributed by atoms with van der Waals surface area (Å²) in [4.78, 5) is 0. The zero-order chi connectivity index (χ0) is 23.5. The lowest BCUT2D eigenvalue weighted by Crippen LogP contribution is -2.53. The molecule has 4 rings (SSSR count). The molecule has 2 unspecified atom stereocenters. The number of alkyl halides is 1. The molecule has 1 saturated heterocycles. The van der Waals surface area contributed by atoms with E-state index in [1.54, 1.807) is 0 Å². The summed E-state index contributed by atoms with van der Waals surface area (Å²) in [6.45, 7) is 17.4. The van der Waals surface area contributed by atoms with Crippen LogP contribution >= 0.6 is 0 Å². The number of fused-ring (bicyclic) bond motifs is 1. The zero-order valence-corrected chi connectivity index (χ0v) is 20.9. The minimum absolute atomic E-state index is 0.432. The molecule has 2 atom stereocenters. The van der Waals surface area contributed by atoms with E-state index in [4.69, 9.17) is 0 Å². The van der Waals surface area contributed by atoms with Crippen molar-refractivity contribution in [2.75, 3.05) is 19.6 Å². The molecule has 0 aromatic heterocycles. The smallest absolute Gasteiger partial charge is 0.103 e. The van der Waals surface area contributed by atoms with Gasteiger partial charge in [0.15, 0.2) is 0 Å². The molecule has 2 nitrogen and oxygen atoms in total. The van der Waals surface area contributed by atoms with Gasteiger partial charge in [-0.15, -0.1) is 0 Å². The van der Waals surface area contributed by atoms with Crippen LogP contribution in [-0.2, 0) is 6.42 Å². The molecule has 1 aromatic rings. The third-order valence-corrected chi connectivity index (χ3v) is 6.31. The molecule has 0 spiro atoms. The summed E-state index contributed by atoms with van der Waals surface area (Å²) in [5.74, 6) is 0.531. The normalized spacial score (nSPS) is 24.1. The third-order valence-electron chi connectivity index (χ3n) is 6.31. The van der Waals surface area contributed by atoms with Crippen LogP contribution in [0, 0.1) is 5.92 Å². The molecule has 176 valence electrons. The van der Waals surface area contributed by atoms with Gasteiger partial charge in [-0.3, -0.25) is 0 Å². The molecule has 1 fully saturated rings. The second-order valence-corrected chi connectivity index (χ2v) is 8.47. The summed E-state index contributed by atoms with van der Waals surface area (Å²) >= 11 is 0. The van der Waals surface area contributed by atoms with Crippen molar-refractivity contribution in [2.45, 2.75) is 72.5 Å². The minimum atomic E-state index is -0.593. The number of halogens is 1. The number of benzene rings is 1. The topological polar surface area (TPSA) is 6.48 Å². The number of rotatable bonds is 4. The van der Waals surface area contributed by atoms with Gasteiger partial charge in [-0.25, -0.2) is 14.4 Å². The highest BCUT2D eigenvalue weighted by atomic mass is 19.1. The molecule has 0 bridgehead atoms. The maximum Gasteiger partial charge on any atom is 0.103 e. The first-order valence-corrected chi connectivity index (χ1v) is 12.5. The zero-order valence-electron chi connectivity index (χ0n) is 20.9. The van der Waals surface area contributed by atoms with E-state index in [-0.39, 0.29) is 0 Å². The number of likely N-dealkylation sites (N-methyl/N-ethyl adjacent to an activating group) is 1. The Bertz CT molecular complexity index is 799. The van der Waals surface area contributed by atoms with Crippen LogP contribution in [0.25, 0.3) is 5.57 Å². The van der Waals surface area contributed by atoms with Gasteiger partial charge in [0.25, 0.3) is 0 Å². The Balaban J connectivity index is 0.000000217. The summed E-state index contributed by atoms with van der Waals surface area (Å²) < 4.78 is 13.2. The highest BCUT2D eigenvalue weighted by Crippen LogP contribution is 2.35. The van der Waals surface area contributed by atoms with Crippen LogP contribution in [0.4, 0.5) is 4.39 Å². The first-order chi connectivity index (χ1) is 15.5. The summed E-state index contributed by atoms with van der Waals surface area (Å²) in [7, 11) is 0. The van der Waals surface area contributed by atoms with Gasteiger partial charge in [0.1, 0.15) is 6.17 Å². The van der Waals surface area contributed by atoms with Gasteiger partial charge in [0.2, 0.25) is 0 Å². The molecule has 1 aliphatic heterocycles. The summed E-state index contributed by atoms with van der Waals surface area (Å²) in [6.07, 6.45) is 13.9. The average molecular weight is 439 g/mol. The largest absolute Gasteiger partial charge is 0.247 e. The predicted octanol–water partition coefficient (Wildman–Crippen LogP) is 7.41. The highest BCUT2D eigenvalue weighted by molar-refractivity contribution is 5.85. The van der Waals surface area contributed by atoms with Crippen molar-refractivity contribution in [2.24, 2.45) is 5.92 Å². The summed E-state index contributed by atoms with van der Waals surface area (Å²) in [6, 6.07) is 9.01. The molecule has 3 heteroatoms. The van der Waals surface area contributed by atoms with Gasteiger partial charge in [-0.05, 0) is 53.9 Å². The van der Waals surface area contributed by atoms with E-state index in [0.717, 1.165) is 32.5 Å². The van der Waals surface area contributed by atoms with Crippen molar-refractivity contribution < 1.29 is 4.39 Å². The minimum Gasteiger partial charge on any atom is -0.247 e. The second-order valence-electron chi connectivity index (χ2n) is 8.47. The van der Waals surface area contributed by atoms with Crippen LogP contribution < -0.4 is 0 Å². The van der Waals surface area contributed by atoms with Gasteiger partial charge >= 0.3 is 0 Å². The van der Waals surface area contributed by atoms with Gasteiger partial charge in [0, 0.05) is 25.7 Å². The summed E-state index contributed by atoms with van der Waals surface area (Å²) in [5.41, 5.74) is 5.43. The number of allylic oxidation sites excluding steroid dienone is 5. The second kappa shape index (κ2) is 13.5. The number of hydrazine groups is 1. The van der Waals surface area contributed by atoms with Crippen LogP contribution in [0.5, 0.6) is 0 Å². The fourth-order valence-corrected chi connectivity index (χ4v) is 4.68. The average Bonchev–Trinajstić information content (AvgIpc) is 3.14. The first-order valence-electron chi connectivity index (χ1n) is 12.5. The number of hydrogen-bond acceptors (Lipinski definition) is 2. The van der Waals surface area contributed by atoms with Crippen molar-refractivity contribution >= 4 is 5.57 Å². The molecular formula is C29H43FN2. The Kier molecular flexibility index (Phi) is 11.1. The number of hydrogen-bond donors (Lipinski definition) is 0. The number of piperidine rings is 1. The van der Waals surface area contributed by atoms with Crippen LogP contribution in [0.2, 0.25) is 0 Å². The Morgan fingerprint density at radius 3 is 2.38 bits per heavy atom. The lowest BCUT2D eigenvalue weighted by Gasteiger charge is -2.43. The standard InChI is InChI=1S/C14H23FN2.C13H14.C2H6/c1-3-17(14-7-5-4-6-12(14)2)16-10-8-13(15)9-11-16;1-3-6-12-10(2)9-11-7-4-5-8-13(11)12;1-2/h4-7,12-14H,3,8-11H2,1-2H3;4-8H,2-3,9H2,1H3;1-2H3/b;12-6+;. The lowest BCUT2D eigenvalue weighted by molar-refractivity contribution is -0.0755. The van der Waals surface area contributed by atoms with Gasteiger partial charge in [0.05, 0.1) is 0 Å². The van der Waals surface area contributed by atoms with E-state index in [1.807, 2.05) is 13.8 Å². The Labute approximate surface area is 196 Å². The van der Waals surface area contributed by atoms with Crippen LogP contribution in [0.3, 0.4) is 0 Å². The van der Waals surface area contributed by atoms with Crippen molar-refractivity contribution in [1.82, 2.24) is 10.0 Å². The lowest BCUT2D eigenvalue weighted by atomic mass is 9.96. The van der Waals surface area contributed by atoms with E-state index >= 15 is 0 Å². The van der Waals surface area contributed by atoms with E-state index in [1.165, 1.54) is 22.3 Å². The SMILES string of the molecule is C=C1Cc2ccccc2/C1=C/CC.CC.CCN(C1C=CC=CC1C)N1CCC(F)CC1. The fraction of sp³-hybridized carbons (Fsp3) is 0.517. The molecule has 0 amide bonds. The summed E-state index contributed by atoms with van der Waals surface area (Å²) in [5, 5.41) is 4.73. The monoisotopic (exact) mass is 438 g/mol. The van der Waals surface area contributed by atoms with Crippen molar-refractivity contribution in [3.8, 4) is 0 Å². The molecule has 1 aromatic carbocycles. The molecular weight excluding hydrogens is 395 g/mol. The van der Waals surface area contributed by atoms with E-state index in [0.29, 0.717) is 24.8 Å². The van der Waals surface area contributed by atoms with Crippen LogP contribution in [0.15, 0.2) is 66.8 Å². The molecule has 32 heavy (non-hydrogen) atoms. The van der Waals surface area contributed by atoms with E-state index in [2.05, 4.69) is 92.0 Å². The van der Waals surface area contributed by atoms with E-state index < -0.39 is 6.17 Å². The highest BCUT2D eigenvalue weighted by Gasteiger charge is 2.28. The molecule has 2 aliphatic carbocycles. The van der Waals surface area contributed by atoms with Crippen molar-refractivity contribution in [1.29, 1.82) is 0 Å². The van der Waals surface area contributed by atoms with Gasteiger partial charge < -0.3 is 0 Å². The maximum absolute atomic E-state index is 13.2. The quantitative estimate of drug-likeness (QED) is 0.483. The Hall–Kier alpha value is -1.97. The Morgan fingerprint density at radius 1 is 1.09 bits per heavy atom. The van der Waals surface area contributed by atoms with Crippen molar-refractivity contribution in [3.63, 3.8) is 0 Å². The molecule has 1 heterocycles. The molecule has 0 radical (unpaired) electrons. The van der Waals surface area contributed by atoms with Crippen LogP contribution in [-0.4, -0.2) is 41.9 Å². The molecule has 0 N–H and O–H groups in total. The van der Waals surface area contributed by atoms with Crippen molar-refractivity contribution in [3.05, 3.63) is 77.9 Å². The maximum atomic E-state index is 13.2. The number of nitrogens with zero attached hydrogens (tertiary/aromatic N) is 2. The Morgan fingerprint density at radius 2 is 1.75 bits per heavy atom. The van der Waals surface area contributed by atoms with Gasteiger partial charge in [-0.1, -0.05) is 95.8 Å². The third kappa shape index (κ3) is 6.76. The fourth-order valence-electron chi connectivity index (χ4n) is 4.68. The molecule has 3 aliphatic rings. The molecule has 0 saturated carbocycles. The van der Waals surface area contributed by atoms with E-state index in [9.17, 15) is 4.39 Å². The van der Waals surface area contributed by atoms with Crippen LogP contribution in [0.1, 0.15) is 65.0 Å². The first kappa shape index (κ1) is 26.3. The van der Waals surface area contributed by atoms with Gasteiger partial charge in [-0.2, -0.15) is 0 Å².